The molecule has 8 heteroatoms. The Hall–Kier alpha value is -3.52. The summed E-state index contributed by atoms with van der Waals surface area (Å²) in [5, 5.41) is 0. The van der Waals surface area contributed by atoms with Gasteiger partial charge in [-0.2, -0.15) is 0 Å². The second kappa shape index (κ2) is 8.31. The van der Waals surface area contributed by atoms with E-state index in [-0.39, 0.29) is 6.79 Å². The van der Waals surface area contributed by atoms with E-state index in [0.29, 0.717) is 24.4 Å². The van der Waals surface area contributed by atoms with Crippen LogP contribution in [0, 0.1) is 11.6 Å². The molecule has 1 aliphatic heterocycles. The zero-order valence-electron chi connectivity index (χ0n) is 16.3. The molecule has 31 heavy (non-hydrogen) atoms. The third kappa shape index (κ3) is 4.06. The first kappa shape index (κ1) is 19.4. The number of hydrogen-bond acceptors (Lipinski definition) is 6. The van der Waals surface area contributed by atoms with Gasteiger partial charge in [-0.25, -0.2) is 18.7 Å². The van der Waals surface area contributed by atoms with Crippen molar-refractivity contribution in [1.29, 1.82) is 0 Å². The molecule has 0 spiro atoms. The lowest BCUT2D eigenvalue weighted by Crippen LogP contribution is -2.26. The Bertz CT molecular complexity index is 1260. The van der Waals surface area contributed by atoms with Crippen LogP contribution in [0.1, 0.15) is 5.56 Å². The zero-order chi connectivity index (χ0) is 21.2. The van der Waals surface area contributed by atoms with Gasteiger partial charge in [0.25, 0.3) is 0 Å². The van der Waals surface area contributed by atoms with Gasteiger partial charge in [0, 0.05) is 11.4 Å². The Balaban J connectivity index is 1.56. The van der Waals surface area contributed by atoms with Gasteiger partial charge in [-0.1, -0.05) is 36.4 Å². The molecule has 0 amide bonds. The summed E-state index contributed by atoms with van der Waals surface area (Å²) in [5.41, 5.74) is 2.45. The Morgan fingerprint density at radius 2 is 1.84 bits per heavy atom. The average molecular weight is 437 g/mol. The standard InChI is InChI=1S/C23H17F2N3O2S/c24-18-7-6-16(8-19(18)25)21-9-20-22(31-21)23(27-13-26-20)28(11-17-12-29-14-30-17)10-15-4-2-1-3-5-15/h1-9,12-13H,10-11,14H2. The Morgan fingerprint density at radius 3 is 2.61 bits per heavy atom. The van der Waals surface area contributed by atoms with Gasteiger partial charge in [0.05, 0.1) is 16.8 Å². The number of rotatable bonds is 6. The lowest BCUT2D eigenvalue weighted by molar-refractivity contribution is 0.0797. The molecular weight excluding hydrogens is 420 g/mol. The van der Waals surface area contributed by atoms with Crippen LogP contribution in [0.3, 0.4) is 0 Å². The normalized spacial score (nSPS) is 13.0. The van der Waals surface area contributed by atoms with Crippen LogP contribution < -0.4 is 4.90 Å². The van der Waals surface area contributed by atoms with Crippen molar-refractivity contribution in [1.82, 2.24) is 9.97 Å². The second-order valence-corrected chi connectivity index (χ2v) is 8.06. The van der Waals surface area contributed by atoms with Crippen molar-refractivity contribution in [2.75, 3.05) is 18.2 Å². The van der Waals surface area contributed by atoms with Gasteiger partial charge in [0.15, 0.2) is 23.2 Å². The number of aromatic nitrogens is 2. The zero-order valence-corrected chi connectivity index (χ0v) is 17.1. The fraction of sp³-hybridized carbons (Fsp3) is 0.130. The molecule has 156 valence electrons. The lowest BCUT2D eigenvalue weighted by Gasteiger charge is -2.24. The van der Waals surface area contributed by atoms with E-state index < -0.39 is 11.6 Å². The van der Waals surface area contributed by atoms with Crippen LogP contribution in [0.15, 0.2) is 72.9 Å². The van der Waals surface area contributed by atoms with E-state index in [0.717, 1.165) is 32.5 Å². The van der Waals surface area contributed by atoms with Crippen molar-refractivity contribution in [2.45, 2.75) is 6.54 Å². The van der Waals surface area contributed by atoms with Crippen LogP contribution in [-0.4, -0.2) is 23.3 Å². The largest absolute Gasteiger partial charge is 0.462 e. The summed E-state index contributed by atoms with van der Waals surface area (Å²) in [6.07, 6.45) is 3.12. The molecule has 2 aromatic carbocycles. The molecule has 0 unspecified atom stereocenters. The number of halogens is 2. The number of anilines is 1. The van der Waals surface area contributed by atoms with E-state index in [1.54, 1.807) is 12.3 Å². The molecule has 3 heterocycles. The van der Waals surface area contributed by atoms with E-state index in [4.69, 9.17) is 9.47 Å². The summed E-state index contributed by atoms with van der Waals surface area (Å²) in [5.74, 6) is -0.298. The maximum atomic E-state index is 13.8. The molecule has 4 aromatic rings. The minimum absolute atomic E-state index is 0.201. The summed E-state index contributed by atoms with van der Waals surface area (Å²) in [4.78, 5) is 11.8. The quantitative estimate of drug-likeness (QED) is 0.399. The van der Waals surface area contributed by atoms with Crippen molar-refractivity contribution in [3.63, 3.8) is 0 Å². The average Bonchev–Trinajstić information content (AvgIpc) is 3.45. The summed E-state index contributed by atoms with van der Waals surface area (Å²) >= 11 is 1.44. The lowest BCUT2D eigenvalue weighted by atomic mass is 10.2. The number of ether oxygens (including phenoxy) is 2. The van der Waals surface area contributed by atoms with Gasteiger partial charge in [0.2, 0.25) is 6.79 Å². The van der Waals surface area contributed by atoms with Crippen molar-refractivity contribution < 1.29 is 18.3 Å². The molecule has 0 fully saturated rings. The second-order valence-electron chi connectivity index (χ2n) is 7.01. The van der Waals surface area contributed by atoms with Gasteiger partial charge in [-0.3, -0.25) is 0 Å². The molecule has 5 rings (SSSR count). The van der Waals surface area contributed by atoms with E-state index >= 15 is 0 Å². The van der Waals surface area contributed by atoms with E-state index in [9.17, 15) is 8.78 Å². The number of hydrogen-bond donors (Lipinski definition) is 0. The highest BCUT2D eigenvalue weighted by Gasteiger charge is 2.20. The Morgan fingerprint density at radius 1 is 0.968 bits per heavy atom. The summed E-state index contributed by atoms with van der Waals surface area (Å²) < 4.78 is 38.7. The first-order valence-corrected chi connectivity index (χ1v) is 10.4. The van der Waals surface area contributed by atoms with Crippen molar-refractivity contribution in [2.24, 2.45) is 0 Å². The van der Waals surface area contributed by atoms with E-state index in [1.807, 2.05) is 36.4 Å². The van der Waals surface area contributed by atoms with E-state index in [1.165, 1.54) is 23.7 Å². The maximum absolute atomic E-state index is 13.8. The molecule has 5 nitrogen and oxygen atoms in total. The third-order valence-corrected chi connectivity index (χ3v) is 6.06. The number of nitrogens with zero attached hydrogens (tertiary/aromatic N) is 3. The highest BCUT2D eigenvalue weighted by Crippen LogP contribution is 2.38. The molecule has 0 bridgehead atoms. The number of fused-ring (bicyclic) bond motifs is 1. The topological polar surface area (TPSA) is 47.5 Å². The van der Waals surface area contributed by atoms with Crippen LogP contribution in [0.4, 0.5) is 14.6 Å². The first-order valence-electron chi connectivity index (χ1n) is 9.59. The maximum Gasteiger partial charge on any atom is 0.229 e. The van der Waals surface area contributed by atoms with Crippen LogP contribution in [0.25, 0.3) is 20.7 Å². The predicted molar refractivity (Wildman–Crippen MR) is 115 cm³/mol. The number of thiophene rings is 1. The number of benzene rings is 2. The SMILES string of the molecule is Fc1ccc(-c2cc3ncnc(N(CC4=COCO4)Cc4ccccc4)c3s2)cc1F. The van der Waals surface area contributed by atoms with Gasteiger partial charge in [-0.05, 0) is 29.3 Å². The molecule has 0 atom stereocenters. The van der Waals surface area contributed by atoms with Crippen LogP contribution in [0.2, 0.25) is 0 Å². The summed E-state index contributed by atoms with van der Waals surface area (Å²) in [6.45, 7) is 1.28. The van der Waals surface area contributed by atoms with Gasteiger partial charge in [0.1, 0.15) is 12.6 Å². The van der Waals surface area contributed by atoms with E-state index in [2.05, 4.69) is 14.9 Å². The van der Waals surface area contributed by atoms with Gasteiger partial charge >= 0.3 is 0 Å². The predicted octanol–water partition coefficient (Wildman–Crippen LogP) is 5.49. The summed E-state index contributed by atoms with van der Waals surface area (Å²) in [7, 11) is 0. The molecular formula is C23H17F2N3O2S. The van der Waals surface area contributed by atoms with Gasteiger partial charge in [-0.15, -0.1) is 11.3 Å². The molecule has 0 saturated heterocycles. The minimum atomic E-state index is -0.878. The molecule has 1 aliphatic rings. The van der Waals surface area contributed by atoms with Crippen LogP contribution in [-0.2, 0) is 16.0 Å². The summed E-state index contributed by atoms with van der Waals surface area (Å²) in [6, 6.07) is 15.8. The smallest absolute Gasteiger partial charge is 0.229 e. The molecule has 0 saturated carbocycles. The highest BCUT2D eigenvalue weighted by atomic mass is 32.1. The Labute approximate surface area is 181 Å². The monoisotopic (exact) mass is 437 g/mol. The molecule has 0 radical (unpaired) electrons. The Kier molecular flexibility index (Phi) is 5.21. The van der Waals surface area contributed by atoms with Crippen molar-refractivity contribution in [3.05, 3.63) is 90.1 Å². The van der Waals surface area contributed by atoms with Crippen LogP contribution >= 0.6 is 11.3 Å². The minimum Gasteiger partial charge on any atom is -0.462 e. The first-order chi connectivity index (χ1) is 15.2. The highest BCUT2D eigenvalue weighted by molar-refractivity contribution is 7.22. The van der Waals surface area contributed by atoms with Crippen molar-refractivity contribution in [3.8, 4) is 10.4 Å². The molecule has 2 aromatic heterocycles. The third-order valence-electron chi connectivity index (χ3n) is 4.89. The molecule has 0 aliphatic carbocycles. The fourth-order valence-electron chi connectivity index (χ4n) is 3.41. The fourth-order valence-corrected chi connectivity index (χ4v) is 4.53. The molecule has 0 N–H and O–H groups in total. The van der Waals surface area contributed by atoms with Crippen LogP contribution in [0.5, 0.6) is 0 Å². The van der Waals surface area contributed by atoms with Crippen molar-refractivity contribution >= 4 is 27.4 Å². The van der Waals surface area contributed by atoms with Gasteiger partial charge < -0.3 is 14.4 Å².